The summed E-state index contributed by atoms with van der Waals surface area (Å²) < 4.78 is 22.4. The van der Waals surface area contributed by atoms with Gasteiger partial charge in [-0.3, -0.25) is 0 Å². The summed E-state index contributed by atoms with van der Waals surface area (Å²) in [7, 11) is 1.50. The molecule has 0 aliphatic carbocycles. The first kappa shape index (κ1) is 22.5. The number of aliphatic hydroxyl groups excluding tert-OH is 2. The fourth-order valence-corrected chi connectivity index (χ4v) is 4.29. The minimum atomic E-state index is -1.08. The van der Waals surface area contributed by atoms with Gasteiger partial charge in [-0.2, -0.15) is 0 Å². The van der Waals surface area contributed by atoms with E-state index in [4.69, 9.17) is 18.6 Å². The van der Waals surface area contributed by atoms with Crippen molar-refractivity contribution in [2.45, 2.75) is 69.7 Å². The maximum Gasteiger partial charge on any atom is 0.339 e. The average Bonchev–Trinajstić information content (AvgIpc) is 2.86. The van der Waals surface area contributed by atoms with E-state index in [1.165, 1.54) is 13.2 Å². The second-order valence-corrected chi connectivity index (χ2v) is 8.06. The first-order valence-corrected chi connectivity index (χ1v) is 10.1. The zero-order valence-electron chi connectivity index (χ0n) is 18.0. The van der Waals surface area contributed by atoms with Crippen LogP contribution in [0, 0.1) is 6.92 Å². The van der Waals surface area contributed by atoms with E-state index in [0.717, 1.165) is 5.56 Å². The van der Waals surface area contributed by atoms with E-state index in [9.17, 15) is 15.0 Å². The molecule has 2 bridgehead atoms. The van der Waals surface area contributed by atoms with Crippen LogP contribution in [0.4, 0.5) is 0 Å². The Hall–Kier alpha value is -2.19. The quantitative estimate of drug-likeness (QED) is 0.685. The van der Waals surface area contributed by atoms with Crippen LogP contribution >= 0.6 is 0 Å². The van der Waals surface area contributed by atoms with E-state index in [0.29, 0.717) is 17.9 Å². The maximum atomic E-state index is 11.6. The molecule has 3 heterocycles. The molecule has 1 aromatic heterocycles. The number of aliphatic hydroxyl groups is 2. The van der Waals surface area contributed by atoms with Crippen LogP contribution in [0.1, 0.15) is 38.5 Å². The molecule has 2 aliphatic heterocycles. The molecule has 2 fully saturated rings. The molecule has 3 rings (SSSR count). The minimum Gasteiger partial charge on any atom is -0.496 e. The zero-order chi connectivity index (χ0) is 22.1. The lowest BCUT2D eigenvalue weighted by atomic mass is 9.78. The van der Waals surface area contributed by atoms with Crippen LogP contribution in [-0.4, -0.2) is 52.9 Å². The fourth-order valence-electron chi connectivity index (χ4n) is 4.29. The van der Waals surface area contributed by atoms with Crippen molar-refractivity contribution in [1.82, 2.24) is 0 Å². The van der Waals surface area contributed by atoms with Crippen molar-refractivity contribution < 1.29 is 28.8 Å². The Kier molecular flexibility index (Phi) is 6.38. The van der Waals surface area contributed by atoms with Crippen LogP contribution < -0.4 is 10.4 Å². The van der Waals surface area contributed by atoms with Gasteiger partial charge < -0.3 is 28.8 Å². The van der Waals surface area contributed by atoms with Crippen LogP contribution in [-0.2, 0) is 9.47 Å². The van der Waals surface area contributed by atoms with Crippen molar-refractivity contribution in [3.8, 4) is 5.75 Å². The Balaban J connectivity index is 1.69. The number of ether oxygens (including phenoxy) is 3. The monoisotopic (exact) mass is 418 g/mol. The third kappa shape index (κ3) is 3.78. The minimum absolute atomic E-state index is 0.287. The van der Waals surface area contributed by atoms with Crippen molar-refractivity contribution in [3.05, 3.63) is 58.2 Å². The number of methoxy groups -OCH3 is 1. The summed E-state index contributed by atoms with van der Waals surface area (Å²) in [5.74, 6) is 0.901. The number of fused-ring (bicyclic) bond motifs is 2. The predicted molar refractivity (Wildman–Crippen MR) is 112 cm³/mol. The summed E-state index contributed by atoms with van der Waals surface area (Å²) >= 11 is 0. The van der Waals surface area contributed by atoms with Gasteiger partial charge in [0, 0.05) is 5.56 Å². The molecular weight excluding hydrogens is 388 g/mol. The molecule has 7 heteroatoms. The lowest BCUT2D eigenvalue weighted by molar-refractivity contribution is -0.224. The van der Waals surface area contributed by atoms with Gasteiger partial charge in [-0.1, -0.05) is 37.3 Å². The lowest BCUT2D eigenvalue weighted by Crippen LogP contribution is -2.64. The van der Waals surface area contributed by atoms with Gasteiger partial charge in [0.15, 0.2) is 0 Å². The van der Waals surface area contributed by atoms with Gasteiger partial charge in [0.2, 0.25) is 0 Å². The lowest BCUT2D eigenvalue weighted by Gasteiger charge is -2.45. The molecule has 0 amide bonds. The molecule has 2 N–H and O–H groups in total. The van der Waals surface area contributed by atoms with Crippen molar-refractivity contribution in [2.75, 3.05) is 7.11 Å². The first-order valence-electron chi connectivity index (χ1n) is 10.1. The van der Waals surface area contributed by atoms with Crippen molar-refractivity contribution in [2.24, 2.45) is 0 Å². The molecule has 6 atom stereocenters. The Labute approximate surface area is 176 Å². The van der Waals surface area contributed by atoms with E-state index in [-0.39, 0.29) is 6.10 Å². The largest absolute Gasteiger partial charge is 0.496 e. The third-order valence-corrected chi connectivity index (χ3v) is 6.08. The summed E-state index contributed by atoms with van der Waals surface area (Å²) in [5, 5.41) is 21.4. The van der Waals surface area contributed by atoms with Gasteiger partial charge in [0.25, 0.3) is 0 Å². The second kappa shape index (κ2) is 8.51. The molecule has 2 saturated heterocycles. The third-order valence-electron chi connectivity index (χ3n) is 6.08. The molecule has 2 aliphatic rings. The molecule has 0 aromatic carbocycles. The maximum absolute atomic E-state index is 11.6. The molecule has 0 radical (unpaired) electrons. The molecule has 0 unspecified atom stereocenters. The topological polar surface area (TPSA) is 98.4 Å². The zero-order valence-corrected chi connectivity index (χ0v) is 18.0. The highest BCUT2D eigenvalue weighted by molar-refractivity contribution is 5.52. The van der Waals surface area contributed by atoms with E-state index in [1.54, 1.807) is 43.4 Å². The first-order chi connectivity index (χ1) is 14.2. The fraction of sp³-hybridized carbons (Fsp3) is 0.522. The van der Waals surface area contributed by atoms with E-state index < -0.39 is 35.1 Å². The summed E-state index contributed by atoms with van der Waals surface area (Å²) in [5.41, 5.74) is -1.69. The Morgan fingerprint density at radius 2 is 1.83 bits per heavy atom. The summed E-state index contributed by atoms with van der Waals surface area (Å²) in [6, 6.07) is 1.30. The Morgan fingerprint density at radius 1 is 1.13 bits per heavy atom. The number of hydrogen-bond acceptors (Lipinski definition) is 7. The van der Waals surface area contributed by atoms with Crippen molar-refractivity contribution >= 4 is 6.08 Å². The molecule has 164 valence electrons. The highest BCUT2D eigenvalue weighted by Gasteiger charge is 2.67. The van der Waals surface area contributed by atoms with Crippen molar-refractivity contribution in [1.29, 1.82) is 0 Å². The highest BCUT2D eigenvalue weighted by Crippen LogP contribution is 2.49. The van der Waals surface area contributed by atoms with Gasteiger partial charge in [-0.25, -0.2) is 4.79 Å². The van der Waals surface area contributed by atoms with E-state index in [1.807, 2.05) is 20.8 Å². The molecule has 0 saturated carbocycles. The number of rotatable bonds is 6. The van der Waals surface area contributed by atoms with E-state index >= 15 is 0 Å². The van der Waals surface area contributed by atoms with Crippen LogP contribution in [0.5, 0.6) is 5.75 Å². The molecular formula is C23H30O7. The number of hydrogen-bond donors (Lipinski definition) is 2. The molecule has 7 nitrogen and oxygen atoms in total. The van der Waals surface area contributed by atoms with Crippen molar-refractivity contribution in [3.63, 3.8) is 0 Å². The summed E-state index contributed by atoms with van der Waals surface area (Å²) in [6.45, 7) is 7.33. The average molecular weight is 418 g/mol. The summed E-state index contributed by atoms with van der Waals surface area (Å²) in [4.78, 5) is 11.6. The van der Waals surface area contributed by atoms with Gasteiger partial charge >= 0.3 is 5.63 Å². The molecule has 0 spiro atoms. The van der Waals surface area contributed by atoms with Gasteiger partial charge in [-0.05, 0) is 33.3 Å². The van der Waals surface area contributed by atoms with Crippen LogP contribution in [0.3, 0.4) is 0 Å². The Morgan fingerprint density at radius 3 is 2.50 bits per heavy atom. The predicted octanol–water partition coefficient (Wildman–Crippen LogP) is 2.53. The van der Waals surface area contributed by atoms with Gasteiger partial charge in [-0.15, -0.1) is 0 Å². The van der Waals surface area contributed by atoms with E-state index in [2.05, 4.69) is 0 Å². The van der Waals surface area contributed by atoms with Crippen LogP contribution in [0.25, 0.3) is 6.08 Å². The van der Waals surface area contributed by atoms with Gasteiger partial charge in [0.05, 0.1) is 19.3 Å². The smallest absolute Gasteiger partial charge is 0.339 e. The number of allylic oxidation sites excluding steroid dienone is 4. The SMILES string of the molecule is CC[C@@H]1O[C@]2(C)[C@H](O)[C@@]1(C)O[C@@H](C=CC=CC=Cc1oc(=O)cc(OC)c1C)[C@@H]2O. The molecule has 30 heavy (non-hydrogen) atoms. The molecule has 1 aromatic rings. The summed E-state index contributed by atoms with van der Waals surface area (Å²) in [6.07, 6.45) is 8.34. The van der Waals surface area contributed by atoms with Crippen LogP contribution in [0.2, 0.25) is 0 Å². The second-order valence-electron chi connectivity index (χ2n) is 8.06. The standard InChI is InChI=1S/C23H30O7/c1-6-18-22(3)21(26)23(4,30-18)20(25)16(29-22)12-10-8-7-9-11-15-14(2)17(27-5)13-19(24)28-15/h7-13,16,18,20-21,25-26H,6H2,1-5H3/t16-,18-,20-,21+,22-,23-/m0/s1. The Bertz CT molecular complexity index is 911. The van der Waals surface area contributed by atoms with Crippen LogP contribution in [0.15, 0.2) is 45.7 Å². The normalized spacial score (nSPS) is 36.4. The van der Waals surface area contributed by atoms with Gasteiger partial charge in [0.1, 0.15) is 41.0 Å². The highest BCUT2D eigenvalue weighted by atomic mass is 16.6.